The van der Waals surface area contributed by atoms with Gasteiger partial charge in [-0.05, 0) is 71.2 Å². The van der Waals surface area contributed by atoms with Gasteiger partial charge in [0.1, 0.15) is 11.0 Å². The monoisotopic (exact) mass is 676 g/mol. The van der Waals surface area contributed by atoms with Crippen molar-refractivity contribution in [1.29, 1.82) is 0 Å². The number of aromatic nitrogens is 2. The maximum atomic E-state index is 4.80. The van der Waals surface area contributed by atoms with E-state index in [-0.39, 0.29) is 0 Å². The summed E-state index contributed by atoms with van der Waals surface area (Å²) in [5, 5.41) is 0. The van der Waals surface area contributed by atoms with Crippen LogP contribution in [0.2, 0.25) is 0 Å². The number of rotatable bonds is 16. The molecule has 0 aliphatic rings. The molecule has 5 heteroatoms. The number of unbranched alkanes of at least 4 members (excludes halogenated alkanes) is 2. The quantitative estimate of drug-likeness (QED) is 0.102. The molecular weight excluding hydrogens is 629 g/mol. The van der Waals surface area contributed by atoms with Crippen molar-refractivity contribution < 1.29 is 0 Å². The Kier molecular flexibility index (Phi) is 11.7. The third kappa shape index (κ3) is 8.13. The number of nitrogens with zero attached hydrogens (tertiary/aromatic N) is 2. The van der Waals surface area contributed by atoms with E-state index in [2.05, 4.69) is 113 Å². The van der Waals surface area contributed by atoms with Crippen LogP contribution >= 0.6 is 34.4 Å². The Morgan fingerprint density at radius 3 is 1.28 bits per heavy atom. The molecule has 0 radical (unpaired) electrons. The van der Waals surface area contributed by atoms with Crippen LogP contribution in [0.15, 0.2) is 84.9 Å². The van der Waals surface area contributed by atoms with Crippen molar-refractivity contribution in [3.8, 4) is 41.8 Å². The highest BCUT2D eigenvalue weighted by Gasteiger charge is 2.17. The van der Waals surface area contributed by atoms with Crippen LogP contribution < -0.4 is 0 Å². The fourth-order valence-corrected chi connectivity index (χ4v) is 9.35. The SMILES string of the molecule is CCCCC(CC)Cc1ccc(-c2ccc(-c3ccc(-c4ccc(-c5ccc(CC(CC)CCCC)cc5)s4)c4nsnc34)s2)cc1. The first-order chi connectivity index (χ1) is 23.1. The van der Waals surface area contributed by atoms with E-state index in [1.807, 2.05) is 22.7 Å². The molecule has 0 spiro atoms. The molecule has 0 fully saturated rings. The van der Waals surface area contributed by atoms with Crippen molar-refractivity contribution in [3.05, 3.63) is 96.1 Å². The molecule has 6 aromatic rings. The summed E-state index contributed by atoms with van der Waals surface area (Å²) in [5.41, 5.74) is 9.83. The highest BCUT2D eigenvalue weighted by atomic mass is 32.1. The van der Waals surface area contributed by atoms with Crippen LogP contribution in [0.5, 0.6) is 0 Å². The lowest BCUT2D eigenvalue weighted by Gasteiger charge is -2.14. The van der Waals surface area contributed by atoms with E-state index in [4.69, 9.17) is 8.75 Å². The summed E-state index contributed by atoms with van der Waals surface area (Å²) in [6, 6.07) is 32.1. The van der Waals surface area contributed by atoms with Gasteiger partial charge >= 0.3 is 0 Å². The third-order valence-electron chi connectivity index (χ3n) is 9.77. The first-order valence-electron chi connectivity index (χ1n) is 17.7. The maximum absolute atomic E-state index is 4.80. The van der Waals surface area contributed by atoms with Crippen molar-refractivity contribution in [1.82, 2.24) is 8.75 Å². The van der Waals surface area contributed by atoms with Crippen molar-refractivity contribution in [2.24, 2.45) is 11.8 Å². The van der Waals surface area contributed by atoms with E-state index in [1.54, 1.807) is 0 Å². The first-order valence-corrected chi connectivity index (χ1v) is 20.1. The summed E-state index contributed by atoms with van der Waals surface area (Å²) >= 11 is 5.00. The highest BCUT2D eigenvalue weighted by Crippen LogP contribution is 2.42. The molecule has 0 amide bonds. The van der Waals surface area contributed by atoms with Gasteiger partial charge in [-0.25, -0.2) is 0 Å². The number of hydrogen-bond acceptors (Lipinski definition) is 5. The summed E-state index contributed by atoms with van der Waals surface area (Å²) in [5.74, 6) is 1.58. The minimum Gasteiger partial charge on any atom is -0.172 e. The molecule has 0 aliphatic heterocycles. The van der Waals surface area contributed by atoms with Gasteiger partial charge in [-0.15, -0.1) is 22.7 Å². The second-order valence-corrected chi connectivity index (χ2v) is 15.8. The number of thiophene rings is 2. The largest absolute Gasteiger partial charge is 0.172 e. The van der Waals surface area contributed by atoms with Crippen LogP contribution in [-0.4, -0.2) is 8.75 Å². The van der Waals surface area contributed by atoms with Gasteiger partial charge in [-0.2, -0.15) is 8.75 Å². The molecule has 0 N–H and O–H groups in total. The second-order valence-electron chi connectivity index (χ2n) is 13.1. The fourth-order valence-electron chi connectivity index (χ4n) is 6.70. The zero-order valence-electron chi connectivity index (χ0n) is 28.4. The smallest absolute Gasteiger partial charge is 0.114 e. The molecule has 0 aliphatic carbocycles. The van der Waals surface area contributed by atoms with E-state index in [0.29, 0.717) is 0 Å². The van der Waals surface area contributed by atoms with E-state index in [0.717, 1.165) is 22.9 Å². The molecule has 3 heterocycles. The van der Waals surface area contributed by atoms with Crippen LogP contribution in [0, 0.1) is 11.8 Å². The minimum atomic E-state index is 0.789. The predicted molar refractivity (Wildman–Crippen MR) is 209 cm³/mol. The molecule has 0 saturated carbocycles. The standard InChI is InChI=1S/C42H48N2S3/c1-5-9-11-29(7-3)27-31-13-17-33(18-14-31)37-23-25-39(45-37)35-21-22-36(42-41(35)43-47-44-42)40-26-24-38(46-40)34-19-15-32(16-20-34)28-30(8-4)12-10-6-2/h13-26,29-30H,5-12,27-28H2,1-4H3. The van der Waals surface area contributed by atoms with Crippen molar-refractivity contribution in [2.75, 3.05) is 0 Å². The molecular formula is C42H48N2S3. The molecule has 2 atom stereocenters. The zero-order valence-corrected chi connectivity index (χ0v) is 30.9. The topological polar surface area (TPSA) is 25.8 Å². The van der Waals surface area contributed by atoms with Crippen molar-refractivity contribution in [3.63, 3.8) is 0 Å². The lowest BCUT2D eigenvalue weighted by atomic mass is 9.91. The van der Waals surface area contributed by atoms with Crippen LogP contribution in [0.25, 0.3) is 52.8 Å². The molecule has 2 unspecified atom stereocenters. The fraction of sp³-hybridized carbons (Fsp3) is 0.381. The molecule has 0 saturated heterocycles. The van der Waals surface area contributed by atoms with Gasteiger partial charge < -0.3 is 0 Å². The van der Waals surface area contributed by atoms with E-state index in [9.17, 15) is 0 Å². The van der Waals surface area contributed by atoms with Crippen LogP contribution in [-0.2, 0) is 12.8 Å². The number of hydrogen-bond donors (Lipinski definition) is 0. The van der Waals surface area contributed by atoms with E-state index >= 15 is 0 Å². The normalized spacial score (nSPS) is 12.9. The van der Waals surface area contributed by atoms with E-state index in [1.165, 1.54) is 129 Å². The summed E-state index contributed by atoms with van der Waals surface area (Å²) in [7, 11) is 0. The van der Waals surface area contributed by atoms with Crippen molar-refractivity contribution >= 4 is 45.4 Å². The summed E-state index contributed by atoms with van der Waals surface area (Å²) in [6.07, 6.45) is 12.8. The summed E-state index contributed by atoms with van der Waals surface area (Å²) in [6.45, 7) is 9.24. The summed E-state index contributed by atoms with van der Waals surface area (Å²) < 4.78 is 9.59. The number of fused-ring (bicyclic) bond motifs is 1. The third-order valence-corrected chi connectivity index (χ3v) is 12.6. The van der Waals surface area contributed by atoms with Gasteiger partial charge in [-0.3, -0.25) is 0 Å². The van der Waals surface area contributed by atoms with Gasteiger partial charge in [0.05, 0.1) is 11.7 Å². The Balaban J connectivity index is 1.17. The average Bonchev–Trinajstić information content (AvgIpc) is 3.91. The van der Waals surface area contributed by atoms with Crippen molar-refractivity contribution in [2.45, 2.75) is 91.9 Å². The first kappa shape index (κ1) is 33.8. The summed E-state index contributed by atoms with van der Waals surface area (Å²) in [4.78, 5) is 5.08. The molecule has 3 aromatic heterocycles. The van der Waals surface area contributed by atoms with E-state index < -0.39 is 0 Å². The minimum absolute atomic E-state index is 0.789. The molecule has 0 bridgehead atoms. The predicted octanol–water partition coefficient (Wildman–Crippen LogP) is 14.0. The Morgan fingerprint density at radius 1 is 0.489 bits per heavy atom. The second kappa shape index (κ2) is 16.3. The van der Waals surface area contributed by atoms with Gasteiger partial charge in [0.15, 0.2) is 0 Å². The molecule has 3 aromatic carbocycles. The van der Waals surface area contributed by atoms with Crippen LogP contribution in [0.1, 0.15) is 90.2 Å². The Bertz CT molecular complexity index is 1710. The lowest BCUT2D eigenvalue weighted by Crippen LogP contribution is -2.03. The Labute approximate surface area is 294 Å². The Hall–Kier alpha value is -3.12. The van der Waals surface area contributed by atoms with Gasteiger partial charge in [-0.1, -0.05) is 140 Å². The van der Waals surface area contributed by atoms with Gasteiger partial charge in [0.25, 0.3) is 0 Å². The average molecular weight is 677 g/mol. The molecule has 2 nitrogen and oxygen atoms in total. The molecule has 244 valence electrons. The zero-order chi connectivity index (χ0) is 32.6. The van der Waals surface area contributed by atoms with Gasteiger partial charge in [0, 0.05) is 30.6 Å². The van der Waals surface area contributed by atoms with Crippen LogP contribution in [0.4, 0.5) is 0 Å². The van der Waals surface area contributed by atoms with Crippen LogP contribution in [0.3, 0.4) is 0 Å². The Morgan fingerprint density at radius 2 is 0.894 bits per heavy atom. The van der Waals surface area contributed by atoms with Gasteiger partial charge in [0.2, 0.25) is 0 Å². The molecule has 6 rings (SSSR count). The highest BCUT2D eigenvalue weighted by molar-refractivity contribution is 7.19. The maximum Gasteiger partial charge on any atom is 0.114 e. The number of benzene rings is 3. The molecule has 47 heavy (non-hydrogen) atoms. The lowest BCUT2D eigenvalue weighted by molar-refractivity contribution is 0.449.